The fourth-order valence-corrected chi connectivity index (χ4v) is 2.13. The van der Waals surface area contributed by atoms with Gasteiger partial charge in [-0.3, -0.25) is 0 Å². The summed E-state index contributed by atoms with van der Waals surface area (Å²) in [5.41, 5.74) is 1.46. The maximum absolute atomic E-state index is 5.92. The van der Waals surface area contributed by atoms with Gasteiger partial charge in [-0.15, -0.1) is 0 Å². The zero-order valence-electron chi connectivity index (χ0n) is 9.40. The first-order valence-corrected chi connectivity index (χ1v) is 5.84. The Kier molecular flexibility index (Phi) is 2.60. The molecule has 0 spiro atoms. The van der Waals surface area contributed by atoms with Gasteiger partial charge in [0, 0.05) is 13.1 Å². The summed E-state index contributed by atoms with van der Waals surface area (Å²) in [7, 11) is 0. The summed E-state index contributed by atoms with van der Waals surface area (Å²) >= 11 is 5.92. The summed E-state index contributed by atoms with van der Waals surface area (Å²) in [5.74, 6) is 1.60. The Bertz CT molecular complexity index is 549. The number of aromatic amines is 1. The highest BCUT2D eigenvalue weighted by Crippen LogP contribution is 2.24. The highest BCUT2D eigenvalue weighted by molar-refractivity contribution is 6.28. The number of fused-ring (bicyclic) bond motifs is 1. The van der Waals surface area contributed by atoms with Crippen LogP contribution in [0.5, 0.6) is 0 Å². The number of hydrogen-bond acceptors (Lipinski definition) is 5. The van der Waals surface area contributed by atoms with Gasteiger partial charge in [0.15, 0.2) is 17.0 Å². The molecule has 2 aromatic rings. The van der Waals surface area contributed by atoms with Crippen LogP contribution in [0.25, 0.3) is 11.2 Å². The number of nitrogens with zero attached hydrogens (tertiary/aromatic N) is 4. The van der Waals surface area contributed by atoms with Crippen molar-refractivity contribution in [3.05, 3.63) is 11.1 Å². The van der Waals surface area contributed by atoms with Crippen LogP contribution in [-0.4, -0.2) is 46.2 Å². The lowest BCUT2D eigenvalue weighted by Crippen LogP contribution is -2.37. The fourth-order valence-electron chi connectivity index (χ4n) is 1.97. The minimum Gasteiger partial charge on any atom is -0.378 e. The van der Waals surface area contributed by atoms with E-state index in [1.165, 1.54) is 0 Å². The molecule has 6 nitrogen and oxygen atoms in total. The van der Waals surface area contributed by atoms with Crippen LogP contribution in [0, 0.1) is 6.92 Å². The summed E-state index contributed by atoms with van der Waals surface area (Å²) in [5, 5.41) is 0.239. The predicted octanol–water partition coefficient (Wildman–Crippen LogP) is 1.15. The SMILES string of the molecule is Cc1nc2c(N3CCOCC3)nc(Cl)nc2[nH]1. The molecular weight excluding hydrogens is 242 g/mol. The van der Waals surface area contributed by atoms with E-state index in [0.29, 0.717) is 18.9 Å². The standard InChI is InChI=1S/C10H12ClN5O/c1-6-12-7-8(13-6)14-10(11)15-9(7)16-2-4-17-5-3-16/h2-5H2,1H3,(H,12,13,14,15). The monoisotopic (exact) mass is 253 g/mol. The van der Waals surface area contributed by atoms with Crippen molar-refractivity contribution in [1.82, 2.24) is 19.9 Å². The van der Waals surface area contributed by atoms with Gasteiger partial charge in [-0.25, -0.2) is 4.98 Å². The molecule has 17 heavy (non-hydrogen) atoms. The van der Waals surface area contributed by atoms with E-state index in [1.54, 1.807) is 0 Å². The summed E-state index contributed by atoms with van der Waals surface area (Å²) in [4.78, 5) is 18.0. The van der Waals surface area contributed by atoms with Gasteiger partial charge in [0.25, 0.3) is 0 Å². The number of anilines is 1. The van der Waals surface area contributed by atoms with Crippen molar-refractivity contribution < 1.29 is 4.74 Å². The van der Waals surface area contributed by atoms with Crippen LogP contribution in [0.1, 0.15) is 5.82 Å². The molecule has 1 fully saturated rings. The number of imidazole rings is 1. The second kappa shape index (κ2) is 4.12. The molecule has 0 aromatic carbocycles. The molecule has 0 saturated carbocycles. The van der Waals surface area contributed by atoms with Gasteiger partial charge in [0.2, 0.25) is 5.28 Å². The van der Waals surface area contributed by atoms with Crippen molar-refractivity contribution in [2.75, 3.05) is 31.2 Å². The van der Waals surface area contributed by atoms with Gasteiger partial charge < -0.3 is 14.6 Å². The van der Waals surface area contributed by atoms with Crippen LogP contribution < -0.4 is 4.90 Å². The van der Waals surface area contributed by atoms with Crippen molar-refractivity contribution in [3.8, 4) is 0 Å². The van der Waals surface area contributed by atoms with Crippen molar-refractivity contribution in [2.24, 2.45) is 0 Å². The van der Waals surface area contributed by atoms with Crippen molar-refractivity contribution >= 4 is 28.6 Å². The number of rotatable bonds is 1. The minimum absolute atomic E-state index is 0.239. The van der Waals surface area contributed by atoms with E-state index in [1.807, 2.05) is 6.92 Å². The molecule has 90 valence electrons. The van der Waals surface area contributed by atoms with Crippen LogP contribution in [0.4, 0.5) is 5.82 Å². The van der Waals surface area contributed by atoms with Gasteiger partial charge in [-0.2, -0.15) is 9.97 Å². The molecule has 0 atom stereocenters. The van der Waals surface area contributed by atoms with Crippen LogP contribution in [0.15, 0.2) is 0 Å². The van der Waals surface area contributed by atoms with E-state index in [-0.39, 0.29) is 5.28 Å². The third kappa shape index (κ3) is 1.94. The molecule has 1 N–H and O–H groups in total. The van der Waals surface area contributed by atoms with E-state index in [4.69, 9.17) is 16.3 Å². The Morgan fingerprint density at radius 1 is 1.24 bits per heavy atom. The first kappa shape index (κ1) is 10.7. The average Bonchev–Trinajstić information content (AvgIpc) is 2.69. The van der Waals surface area contributed by atoms with Crippen LogP contribution in [0.3, 0.4) is 0 Å². The topological polar surface area (TPSA) is 66.9 Å². The highest BCUT2D eigenvalue weighted by Gasteiger charge is 2.19. The number of H-pyrrole nitrogens is 1. The first-order chi connectivity index (χ1) is 8.24. The maximum Gasteiger partial charge on any atom is 0.226 e. The zero-order valence-corrected chi connectivity index (χ0v) is 10.2. The van der Waals surface area contributed by atoms with Gasteiger partial charge in [-0.1, -0.05) is 0 Å². The third-order valence-electron chi connectivity index (χ3n) is 2.73. The molecule has 0 radical (unpaired) electrons. The molecule has 0 unspecified atom stereocenters. The molecule has 3 rings (SSSR count). The van der Waals surface area contributed by atoms with Gasteiger partial charge in [0.05, 0.1) is 13.2 Å². The molecule has 0 bridgehead atoms. The smallest absolute Gasteiger partial charge is 0.226 e. The first-order valence-electron chi connectivity index (χ1n) is 5.46. The second-order valence-corrected chi connectivity index (χ2v) is 4.27. The molecule has 7 heteroatoms. The lowest BCUT2D eigenvalue weighted by atomic mass is 10.4. The average molecular weight is 254 g/mol. The normalized spacial score (nSPS) is 16.7. The summed E-state index contributed by atoms with van der Waals surface area (Å²) in [6.45, 7) is 4.89. The molecule has 3 heterocycles. The number of halogens is 1. The molecule has 0 aliphatic carbocycles. The molecule has 2 aromatic heterocycles. The Morgan fingerprint density at radius 2 is 2.00 bits per heavy atom. The van der Waals surface area contributed by atoms with Gasteiger partial charge in [0.1, 0.15) is 5.82 Å². The number of hydrogen-bond donors (Lipinski definition) is 1. The molecule has 0 amide bonds. The maximum atomic E-state index is 5.92. The van der Waals surface area contributed by atoms with Crippen LogP contribution in [0.2, 0.25) is 5.28 Å². The number of aryl methyl sites for hydroxylation is 1. The lowest BCUT2D eigenvalue weighted by molar-refractivity contribution is 0.122. The number of nitrogens with one attached hydrogen (secondary N) is 1. The largest absolute Gasteiger partial charge is 0.378 e. The van der Waals surface area contributed by atoms with Crippen molar-refractivity contribution in [2.45, 2.75) is 6.92 Å². The van der Waals surface area contributed by atoms with E-state index < -0.39 is 0 Å². The number of morpholine rings is 1. The third-order valence-corrected chi connectivity index (χ3v) is 2.90. The number of ether oxygens (including phenoxy) is 1. The Labute approximate surface area is 103 Å². The summed E-state index contributed by atoms with van der Waals surface area (Å²) in [6, 6.07) is 0. The van der Waals surface area contributed by atoms with Crippen molar-refractivity contribution in [1.29, 1.82) is 0 Å². The zero-order chi connectivity index (χ0) is 11.8. The summed E-state index contributed by atoms with van der Waals surface area (Å²) in [6.07, 6.45) is 0. The van der Waals surface area contributed by atoms with E-state index in [2.05, 4.69) is 24.8 Å². The van der Waals surface area contributed by atoms with Crippen molar-refractivity contribution in [3.63, 3.8) is 0 Å². The van der Waals surface area contributed by atoms with E-state index >= 15 is 0 Å². The molecule has 1 saturated heterocycles. The summed E-state index contributed by atoms with van der Waals surface area (Å²) < 4.78 is 5.32. The Morgan fingerprint density at radius 3 is 2.76 bits per heavy atom. The van der Waals surface area contributed by atoms with E-state index in [0.717, 1.165) is 30.2 Å². The minimum atomic E-state index is 0.239. The Hall–Kier alpha value is -1.40. The fraction of sp³-hybridized carbons (Fsp3) is 0.500. The highest BCUT2D eigenvalue weighted by atomic mass is 35.5. The molecule has 1 aliphatic rings. The van der Waals surface area contributed by atoms with Gasteiger partial charge in [-0.05, 0) is 18.5 Å². The van der Waals surface area contributed by atoms with E-state index in [9.17, 15) is 0 Å². The molecule has 1 aliphatic heterocycles. The molecular formula is C10H12ClN5O. The van der Waals surface area contributed by atoms with Crippen LogP contribution in [-0.2, 0) is 4.74 Å². The Balaban J connectivity index is 2.12. The lowest BCUT2D eigenvalue weighted by Gasteiger charge is -2.27. The van der Waals surface area contributed by atoms with Crippen LogP contribution >= 0.6 is 11.6 Å². The predicted molar refractivity (Wildman–Crippen MR) is 64.5 cm³/mol. The quantitative estimate of drug-likeness (QED) is 0.773. The number of aromatic nitrogens is 4. The van der Waals surface area contributed by atoms with Gasteiger partial charge >= 0.3 is 0 Å². The second-order valence-electron chi connectivity index (χ2n) is 3.94.